The van der Waals surface area contributed by atoms with Gasteiger partial charge >= 0.3 is 0 Å². The van der Waals surface area contributed by atoms with Gasteiger partial charge in [-0.25, -0.2) is 0 Å². The van der Waals surface area contributed by atoms with Crippen molar-refractivity contribution < 1.29 is 8.83 Å². The number of benzene rings is 10. The lowest BCUT2D eigenvalue weighted by molar-refractivity contribution is 0.670. The van der Waals surface area contributed by atoms with E-state index in [-0.39, 0.29) is 0 Å². The van der Waals surface area contributed by atoms with Crippen LogP contribution < -0.4 is 4.90 Å². The smallest absolute Gasteiger partial charge is 0.143 e. The Kier molecular flexibility index (Phi) is 8.17. The van der Waals surface area contributed by atoms with Gasteiger partial charge in [0.25, 0.3) is 0 Å². The first kappa shape index (κ1) is 34.9. The van der Waals surface area contributed by atoms with Crippen molar-refractivity contribution in [2.24, 2.45) is 0 Å². The van der Waals surface area contributed by atoms with Crippen LogP contribution in [-0.4, -0.2) is 0 Å². The second kappa shape index (κ2) is 14.3. The summed E-state index contributed by atoms with van der Waals surface area (Å²) in [4.78, 5) is 2.36. The molecule has 0 N–H and O–H groups in total. The summed E-state index contributed by atoms with van der Waals surface area (Å²) in [6.45, 7) is 0. The van der Waals surface area contributed by atoms with Crippen LogP contribution in [0.3, 0.4) is 0 Å². The zero-order valence-corrected chi connectivity index (χ0v) is 33.1. The van der Waals surface area contributed by atoms with Crippen LogP contribution in [0.2, 0.25) is 0 Å². The van der Waals surface area contributed by atoms with Gasteiger partial charge in [-0.3, -0.25) is 0 Å². The van der Waals surface area contributed by atoms with Gasteiger partial charge in [-0.05, 0) is 98.9 Å². The summed E-state index contributed by atoms with van der Waals surface area (Å²) in [6.07, 6.45) is 0. The van der Waals surface area contributed by atoms with E-state index in [0.717, 1.165) is 94.0 Å². The summed E-state index contributed by atoms with van der Waals surface area (Å²) in [6, 6.07) is 79.8. The number of para-hydroxylation sites is 2. The van der Waals surface area contributed by atoms with Crippen molar-refractivity contribution in [3.63, 3.8) is 0 Å². The lowest BCUT2D eigenvalue weighted by atomic mass is 9.91. The number of fused-ring (bicyclic) bond motifs is 8. The Morgan fingerprint density at radius 3 is 1.64 bits per heavy atom. The molecule has 0 bridgehead atoms. The summed E-state index contributed by atoms with van der Waals surface area (Å²) >= 11 is 0. The highest BCUT2D eigenvalue weighted by Crippen LogP contribution is 2.46. The van der Waals surface area contributed by atoms with E-state index < -0.39 is 0 Å². The van der Waals surface area contributed by atoms with Crippen molar-refractivity contribution in [1.29, 1.82) is 0 Å². The van der Waals surface area contributed by atoms with Crippen molar-refractivity contribution in [3.8, 4) is 44.5 Å². The molecular formula is C58H37NO2. The standard InChI is InChI=1S/C58H37NO2/c1-3-13-39(14-4-1)46-35-30-43(37-52(46)40-15-5-2-6-16-40)38-25-31-44(32-26-38)59(53-22-12-24-55-56(53)51-36-29-41-17-7-8-18-47(41)58(51)61-55)45-33-27-42(28-34-45)48-20-11-21-50-49-19-9-10-23-54(49)60-57(48)50/h1-37H. The van der Waals surface area contributed by atoms with Crippen molar-refractivity contribution in [2.75, 3.05) is 4.90 Å². The van der Waals surface area contributed by atoms with Crippen molar-refractivity contribution in [1.82, 2.24) is 0 Å². The minimum atomic E-state index is 0.852. The van der Waals surface area contributed by atoms with Gasteiger partial charge in [-0.2, -0.15) is 0 Å². The highest BCUT2D eigenvalue weighted by atomic mass is 16.3. The maximum absolute atomic E-state index is 6.70. The predicted molar refractivity (Wildman–Crippen MR) is 255 cm³/mol. The Labute approximate surface area is 353 Å². The number of hydrogen-bond donors (Lipinski definition) is 0. The van der Waals surface area contributed by atoms with Crippen molar-refractivity contribution in [3.05, 3.63) is 224 Å². The van der Waals surface area contributed by atoms with E-state index in [2.05, 4.69) is 217 Å². The van der Waals surface area contributed by atoms with Crippen LogP contribution in [-0.2, 0) is 0 Å². The number of furan rings is 2. The Morgan fingerprint density at radius 2 is 0.869 bits per heavy atom. The molecule has 2 aromatic heterocycles. The maximum Gasteiger partial charge on any atom is 0.143 e. The molecule has 0 unspecified atom stereocenters. The van der Waals surface area contributed by atoms with Crippen LogP contribution >= 0.6 is 0 Å². The Balaban J connectivity index is 1.00. The molecule has 0 radical (unpaired) electrons. The molecule has 0 spiro atoms. The zero-order chi connectivity index (χ0) is 40.3. The van der Waals surface area contributed by atoms with Crippen LogP contribution in [0.5, 0.6) is 0 Å². The normalized spacial score (nSPS) is 11.6. The van der Waals surface area contributed by atoms with Gasteiger partial charge in [-0.15, -0.1) is 0 Å². The van der Waals surface area contributed by atoms with Crippen LogP contribution in [0, 0.1) is 0 Å². The summed E-state index contributed by atoms with van der Waals surface area (Å²) in [5.41, 5.74) is 16.0. The van der Waals surface area contributed by atoms with Crippen molar-refractivity contribution in [2.45, 2.75) is 0 Å². The minimum absolute atomic E-state index is 0.852. The largest absolute Gasteiger partial charge is 0.455 e. The summed E-state index contributed by atoms with van der Waals surface area (Å²) in [5, 5.41) is 6.68. The predicted octanol–water partition coefficient (Wildman–Crippen LogP) is 16.8. The molecule has 0 aliphatic rings. The Bertz CT molecular complexity index is 3560. The quantitative estimate of drug-likeness (QED) is 0.161. The van der Waals surface area contributed by atoms with Gasteiger partial charge in [0, 0.05) is 38.5 Å². The molecule has 12 rings (SSSR count). The van der Waals surface area contributed by atoms with E-state index in [1.807, 2.05) is 12.1 Å². The topological polar surface area (TPSA) is 29.5 Å². The zero-order valence-electron chi connectivity index (χ0n) is 33.1. The second-order valence-electron chi connectivity index (χ2n) is 15.6. The Hall–Kier alpha value is -8.14. The van der Waals surface area contributed by atoms with Gasteiger partial charge in [0.1, 0.15) is 22.3 Å². The number of hydrogen-bond acceptors (Lipinski definition) is 3. The lowest BCUT2D eigenvalue weighted by Crippen LogP contribution is -2.10. The maximum atomic E-state index is 6.70. The summed E-state index contributed by atoms with van der Waals surface area (Å²) in [5.74, 6) is 0. The van der Waals surface area contributed by atoms with Gasteiger partial charge in [0.15, 0.2) is 0 Å². The summed E-state index contributed by atoms with van der Waals surface area (Å²) in [7, 11) is 0. The van der Waals surface area contributed by atoms with E-state index in [1.165, 1.54) is 22.3 Å². The van der Waals surface area contributed by atoms with Crippen LogP contribution in [0.25, 0.3) is 99.2 Å². The highest BCUT2D eigenvalue weighted by molar-refractivity contribution is 6.19. The summed E-state index contributed by atoms with van der Waals surface area (Å²) < 4.78 is 13.2. The minimum Gasteiger partial charge on any atom is -0.455 e. The fourth-order valence-corrected chi connectivity index (χ4v) is 9.17. The van der Waals surface area contributed by atoms with Gasteiger partial charge in [0.05, 0.1) is 11.1 Å². The molecule has 0 aliphatic heterocycles. The monoisotopic (exact) mass is 779 g/mol. The third-order valence-corrected chi connectivity index (χ3v) is 12.1. The molecule has 0 saturated heterocycles. The molecule has 61 heavy (non-hydrogen) atoms. The van der Waals surface area contributed by atoms with Crippen LogP contribution in [0.4, 0.5) is 17.1 Å². The van der Waals surface area contributed by atoms with E-state index in [9.17, 15) is 0 Å². The number of nitrogens with zero attached hydrogens (tertiary/aromatic N) is 1. The molecule has 0 fully saturated rings. The first-order valence-electron chi connectivity index (χ1n) is 20.7. The van der Waals surface area contributed by atoms with Crippen LogP contribution in [0.15, 0.2) is 233 Å². The first-order chi connectivity index (χ1) is 30.2. The lowest BCUT2D eigenvalue weighted by Gasteiger charge is -2.26. The molecule has 12 aromatic rings. The third kappa shape index (κ3) is 5.90. The van der Waals surface area contributed by atoms with E-state index >= 15 is 0 Å². The van der Waals surface area contributed by atoms with E-state index in [1.54, 1.807) is 0 Å². The molecule has 0 amide bonds. The molecule has 0 saturated carbocycles. The van der Waals surface area contributed by atoms with E-state index in [0.29, 0.717) is 0 Å². The van der Waals surface area contributed by atoms with Crippen LogP contribution in [0.1, 0.15) is 0 Å². The third-order valence-electron chi connectivity index (χ3n) is 12.1. The fourth-order valence-electron chi connectivity index (χ4n) is 9.17. The molecule has 0 aliphatic carbocycles. The second-order valence-corrected chi connectivity index (χ2v) is 15.6. The molecule has 10 aromatic carbocycles. The molecule has 3 nitrogen and oxygen atoms in total. The number of anilines is 3. The molecule has 2 heterocycles. The highest BCUT2D eigenvalue weighted by Gasteiger charge is 2.21. The van der Waals surface area contributed by atoms with Gasteiger partial charge < -0.3 is 13.7 Å². The Morgan fingerprint density at radius 1 is 0.295 bits per heavy atom. The molecular weight excluding hydrogens is 743 g/mol. The molecule has 286 valence electrons. The molecule has 0 atom stereocenters. The average Bonchev–Trinajstić information content (AvgIpc) is 3.92. The van der Waals surface area contributed by atoms with E-state index in [4.69, 9.17) is 8.83 Å². The van der Waals surface area contributed by atoms with Gasteiger partial charge in [0.2, 0.25) is 0 Å². The SMILES string of the molecule is c1ccc(-c2ccc(-c3ccc(N(c4ccc(-c5cccc6c5oc5ccccc56)cc4)c4cccc5oc6c7ccccc7ccc6c45)cc3)cc2-c2ccccc2)cc1. The number of rotatable bonds is 7. The molecule has 3 heteroatoms. The van der Waals surface area contributed by atoms with Crippen molar-refractivity contribution >= 4 is 71.7 Å². The fraction of sp³-hybridized carbons (Fsp3) is 0. The first-order valence-corrected chi connectivity index (χ1v) is 20.7. The average molecular weight is 780 g/mol. The van der Waals surface area contributed by atoms with Gasteiger partial charge in [-0.1, -0.05) is 170 Å².